The zero-order chi connectivity index (χ0) is 14.8. The number of para-hydroxylation sites is 1. The van der Waals surface area contributed by atoms with Gasteiger partial charge in [0.15, 0.2) is 0 Å². The van der Waals surface area contributed by atoms with Crippen LogP contribution < -0.4 is 0 Å². The first-order valence-electron chi connectivity index (χ1n) is 7.16. The van der Waals surface area contributed by atoms with Crippen molar-refractivity contribution in [2.45, 2.75) is 11.8 Å². The third-order valence-electron chi connectivity index (χ3n) is 3.93. The second-order valence-electron chi connectivity index (χ2n) is 5.27. The number of hydrogen-bond donors (Lipinski definition) is 0. The second kappa shape index (κ2) is 6.12. The minimum absolute atomic E-state index is 0.0903. The van der Waals surface area contributed by atoms with Gasteiger partial charge in [-0.3, -0.25) is 4.79 Å². The Morgan fingerprint density at radius 1 is 1.38 bits per heavy atom. The van der Waals surface area contributed by atoms with E-state index in [1.54, 1.807) is 7.11 Å². The molecule has 1 atom stereocenters. The fourth-order valence-electron chi connectivity index (χ4n) is 2.88. The summed E-state index contributed by atoms with van der Waals surface area (Å²) in [6.45, 7) is 1.23. The van der Waals surface area contributed by atoms with Crippen LogP contribution in [0.3, 0.4) is 0 Å². The number of benzene rings is 1. The van der Waals surface area contributed by atoms with Crippen molar-refractivity contribution in [1.29, 1.82) is 0 Å². The third kappa shape index (κ3) is 2.68. The van der Waals surface area contributed by atoms with E-state index in [2.05, 4.69) is 36.0 Å². The molecule has 4 nitrogen and oxygen atoms in total. The van der Waals surface area contributed by atoms with Crippen LogP contribution in [0.5, 0.6) is 0 Å². The highest BCUT2D eigenvalue weighted by Crippen LogP contribution is 2.40. The first kappa shape index (κ1) is 14.5. The normalized spacial score (nSPS) is 19.4. The maximum absolute atomic E-state index is 12.3. The maximum atomic E-state index is 12.3. The largest absolute Gasteiger partial charge is 0.383 e. The predicted octanol–water partition coefficient (Wildman–Crippen LogP) is 2.79. The van der Waals surface area contributed by atoms with Gasteiger partial charge in [0.1, 0.15) is 5.37 Å². The first-order chi connectivity index (χ1) is 10.2. The Bertz CT molecular complexity index is 653. The van der Waals surface area contributed by atoms with Crippen molar-refractivity contribution >= 4 is 28.6 Å². The molecule has 5 heteroatoms. The van der Waals surface area contributed by atoms with Gasteiger partial charge in [0, 0.05) is 55.5 Å². The molecular weight excluding hydrogens is 284 g/mol. The molecule has 0 bridgehead atoms. The van der Waals surface area contributed by atoms with E-state index in [0.717, 1.165) is 5.75 Å². The van der Waals surface area contributed by atoms with E-state index in [-0.39, 0.29) is 11.3 Å². The van der Waals surface area contributed by atoms with Crippen molar-refractivity contribution in [3.63, 3.8) is 0 Å². The summed E-state index contributed by atoms with van der Waals surface area (Å²) in [5, 5.41) is 1.32. The number of amides is 1. The summed E-state index contributed by atoms with van der Waals surface area (Å²) in [5.41, 5.74) is 2.43. The summed E-state index contributed by atoms with van der Waals surface area (Å²) in [7, 11) is 3.73. The molecule has 21 heavy (non-hydrogen) atoms. The van der Waals surface area contributed by atoms with Crippen LogP contribution in [0.4, 0.5) is 0 Å². The minimum Gasteiger partial charge on any atom is -0.383 e. The number of ether oxygens (including phenoxy) is 1. The molecule has 0 spiro atoms. The van der Waals surface area contributed by atoms with Gasteiger partial charge in [0.05, 0.1) is 6.61 Å². The summed E-state index contributed by atoms with van der Waals surface area (Å²) in [5.74, 6) is 1.11. The number of hydrogen-bond acceptors (Lipinski definition) is 3. The monoisotopic (exact) mass is 304 g/mol. The van der Waals surface area contributed by atoms with E-state index < -0.39 is 0 Å². The average Bonchev–Trinajstić information content (AvgIpc) is 2.83. The summed E-state index contributed by atoms with van der Waals surface area (Å²) in [4.78, 5) is 14.2. The van der Waals surface area contributed by atoms with E-state index in [9.17, 15) is 4.79 Å². The van der Waals surface area contributed by atoms with Crippen LogP contribution in [0.1, 0.15) is 17.4 Å². The molecule has 1 aliphatic rings. The molecule has 1 aromatic heterocycles. The van der Waals surface area contributed by atoms with Gasteiger partial charge in [0.25, 0.3) is 0 Å². The molecule has 112 valence electrons. The van der Waals surface area contributed by atoms with Gasteiger partial charge in [-0.1, -0.05) is 18.2 Å². The third-order valence-corrected chi connectivity index (χ3v) is 5.19. The van der Waals surface area contributed by atoms with Gasteiger partial charge in [0.2, 0.25) is 5.91 Å². The zero-order valence-corrected chi connectivity index (χ0v) is 13.2. The van der Waals surface area contributed by atoms with Gasteiger partial charge >= 0.3 is 0 Å². The number of thioether (sulfide) groups is 1. The fraction of sp³-hybridized carbons (Fsp3) is 0.438. The molecule has 1 saturated heterocycles. The molecule has 2 heterocycles. The highest BCUT2D eigenvalue weighted by molar-refractivity contribution is 7.99. The van der Waals surface area contributed by atoms with Crippen molar-refractivity contribution in [2.75, 3.05) is 26.0 Å². The Morgan fingerprint density at radius 2 is 2.19 bits per heavy atom. The fourth-order valence-corrected chi connectivity index (χ4v) is 4.17. The molecule has 1 unspecified atom stereocenters. The number of aryl methyl sites for hydroxylation is 1. The summed E-state index contributed by atoms with van der Waals surface area (Å²) >= 11 is 1.84. The summed E-state index contributed by atoms with van der Waals surface area (Å²) < 4.78 is 7.30. The topological polar surface area (TPSA) is 34.5 Å². The molecule has 1 fully saturated rings. The number of carbonyl (C=O) groups excluding carboxylic acids is 1. The highest BCUT2D eigenvalue weighted by Gasteiger charge is 2.31. The minimum atomic E-state index is 0.0903. The van der Waals surface area contributed by atoms with Crippen LogP contribution in [-0.2, 0) is 16.6 Å². The van der Waals surface area contributed by atoms with Gasteiger partial charge in [-0.25, -0.2) is 0 Å². The lowest BCUT2D eigenvalue weighted by atomic mass is 10.1. The number of methoxy groups -OCH3 is 1. The molecule has 1 amide bonds. The Labute approximate surface area is 129 Å². The number of carbonyl (C=O) groups is 1. The first-order valence-corrected chi connectivity index (χ1v) is 8.21. The van der Waals surface area contributed by atoms with Crippen molar-refractivity contribution in [2.24, 2.45) is 7.05 Å². The molecule has 0 N–H and O–H groups in total. The van der Waals surface area contributed by atoms with E-state index in [1.807, 2.05) is 22.7 Å². The van der Waals surface area contributed by atoms with Crippen LogP contribution in [0.25, 0.3) is 10.9 Å². The van der Waals surface area contributed by atoms with E-state index >= 15 is 0 Å². The number of fused-ring (bicyclic) bond motifs is 1. The lowest BCUT2D eigenvalue weighted by molar-refractivity contribution is -0.132. The molecule has 1 aromatic carbocycles. The van der Waals surface area contributed by atoms with Crippen LogP contribution in [0.15, 0.2) is 30.5 Å². The molecular formula is C16H20N2O2S. The molecule has 2 aromatic rings. The molecule has 0 radical (unpaired) electrons. The van der Waals surface area contributed by atoms with Gasteiger partial charge in [-0.2, -0.15) is 0 Å². The molecule has 1 aliphatic heterocycles. The predicted molar refractivity (Wildman–Crippen MR) is 86.3 cm³/mol. The van der Waals surface area contributed by atoms with Crippen molar-refractivity contribution < 1.29 is 9.53 Å². The zero-order valence-electron chi connectivity index (χ0n) is 12.4. The maximum Gasteiger partial charge on any atom is 0.224 e. The van der Waals surface area contributed by atoms with Crippen molar-refractivity contribution in [3.8, 4) is 0 Å². The molecule has 0 aliphatic carbocycles. The smallest absolute Gasteiger partial charge is 0.224 e. The van der Waals surface area contributed by atoms with Gasteiger partial charge in [-0.05, 0) is 6.07 Å². The second-order valence-corrected chi connectivity index (χ2v) is 6.45. The number of aromatic nitrogens is 1. The van der Waals surface area contributed by atoms with E-state index in [0.29, 0.717) is 19.6 Å². The van der Waals surface area contributed by atoms with Crippen molar-refractivity contribution in [3.05, 3.63) is 36.0 Å². The summed E-state index contributed by atoms with van der Waals surface area (Å²) in [6.07, 6.45) is 2.77. The van der Waals surface area contributed by atoms with E-state index in [4.69, 9.17) is 4.74 Å². The van der Waals surface area contributed by atoms with Gasteiger partial charge < -0.3 is 14.2 Å². The SMILES string of the molecule is COCCN1C(=O)CCSC1c1cn(C)c2ccccc12. The van der Waals surface area contributed by atoms with Crippen LogP contribution in [0.2, 0.25) is 0 Å². The van der Waals surface area contributed by atoms with Crippen LogP contribution >= 0.6 is 11.8 Å². The summed E-state index contributed by atoms with van der Waals surface area (Å²) in [6, 6.07) is 8.36. The van der Waals surface area contributed by atoms with Crippen LogP contribution in [0, 0.1) is 0 Å². The Hall–Kier alpha value is -1.46. The van der Waals surface area contributed by atoms with Crippen molar-refractivity contribution in [1.82, 2.24) is 9.47 Å². The highest BCUT2D eigenvalue weighted by atomic mass is 32.2. The number of rotatable bonds is 4. The van der Waals surface area contributed by atoms with Crippen LogP contribution in [-0.4, -0.2) is 41.4 Å². The molecule has 3 rings (SSSR count). The standard InChI is InChI=1S/C16H20N2O2S/c1-17-11-13(12-5-3-4-6-14(12)17)16-18(8-9-20-2)15(19)7-10-21-16/h3-6,11,16H,7-10H2,1-2H3. The Morgan fingerprint density at radius 3 is 3.00 bits per heavy atom. The van der Waals surface area contributed by atoms with E-state index in [1.165, 1.54) is 16.5 Å². The lowest BCUT2D eigenvalue weighted by Crippen LogP contribution is -2.39. The molecule has 0 saturated carbocycles. The van der Waals surface area contributed by atoms with Gasteiger partial charge in [-0.15, -0.1) is 11.8 Å². The quantitative estimate of drug-likeness (QED) is 0.871. The average molecular weight is 304 g/mol. The number of nitrogens with zero attached hydrogens (tertiary/aromatic N) is 2. The lowest BCUT2D eigenvalue weighted by Gasteiger charge is -2.35. The Kier molecular flexibility index (Phi) is 4.22. The Balaban J connectivity index is 2.00.